The van der Waals surface area contributed by atoms with Crippen LogP contribution in [0.1, 0.15) is 33.6 Å². The van der Waals surface area contributed by atoms with Gasteiger partial charge in [-0.05, 0) is 37.0 Å². The van der Waals surface area contributed by atoms with E-state index in [0.717, 1.165) is 12.8 Å². The molecule has 1 aromatic carbocycles. The number of aryl methyl sites for hydroxylation is 2. The fraction of sp³-hybridized carbons (Fsp3) is 0.368. The third-order valence-corrected chi connectivity index (χ3v) is 5.13. The molecule has 1 saturated heterocycles. The molecular weight excluding hydrogens is 304 g/mol. The molecule has 1 atom stereocenters. The summed E-state index contributed by atoms with van der Waals surface area (Å²) in [6.45, 7) is 3.42. The lowest BCUT2D eigenvalue weighted by Gasteiger charge is -2.41. The molecule has 5 nitrogen and oxygen atoms in total. The molecule has 0 saturated carbocycles. The first-order valence-corrected chi connectivity index (χ1v) is 8.31. The minimum Gasteiger partial charge on any atom is -0.367 e. The number of pyridine rings is 1. The normalized spacial score (nSPS) is 22.6. The number of aromatic nitrogens is 1. The van der Waals surface area contributed by atoms with Gasteiger partial charge in [0.15, 0.2) is 0 Å². The minimum absolute atomic E-state index is 0.0455. The smallest absolute Gasteiger partial charge is 0.255 e. The van der Waals surface area contributed by atoms with E-state index >= 15 is 0 Å². The fourth-order valence-corrected chi connectivity index (χ4v) is 3.91. The highest BCUT2D eigenvalue weighted by atomic mass is 16.5. The molecule has 5 heteroatoms. The van der Waals surface area contributed by atoms with Crippen molar-refractivity contribution in [1.82, 2.24) is 9.88 Å². The van der Waals surface area contributed by atoms with Gasteiger partial charge >= 0.3 is 0 Å². The molecule has 1 amide bonds. The Morgan fingerprint density at radius 3 is 2.92 bits per heavy atom. The van der Waals surface area contributed by atoms with Crippen LogP contribution in [0.5, 0.6) is 0 Å². The third kappa shape index (κ3) is 2.36. The van der Waals surface area contributed by atoms with Gasteiger partial charge in [-0.1, -0.05) is 24.3 Å². The highest BCUT2D eigenvalue weighted by Gasteiger charge is 2.44. The van der Waals surface area contributed by atoms with Crippen molar-refractivity contribution in [3.8, 4) is 0 Å². The summed E-state index contributed by atoms with van der Waals surface area (Å²) in [4.78, 5) is 28.9. The zero-order chi connectivity index (χ0) is 16.7. The SMILES string of the molecule is Cc1[nH]c(=O)ccc1C(=O)N1CCO[C@@]2(CCc3ccccc32)C1. The summed E-state index contributed by atoms with van der Waals surface area (Å²) in [5.41, 5.74) is 3.11. The lowest BCUT2D eigenvalue weighted by Crippen LogP contribution is -2.51. The van der Waals surface area contributed by atoms with Crippen LogP contribution in [0.4, 0.5) is 0 Å². The summed E-state index contributed by atoms with van der Waals surface area (Å²) in [5, 5.41) is 0. The number of ether oxygens (including phenoxy) is 1. The van der Waals surface area contributed by atoms with E-state index in [1.807, 2.05) is 17.0 Å². The highest BCUT2D eigenvalue weighted by Crippen LogP contribution is 2.42. The van der Waals surface area contributed by atoms with Crippen molar-refractivity contribution >= 4 is 5.91 Å². The zero-order valence-corrected chi connectivity index (χ0v) is 13.7. The summed E-state index contributed by atoms with van der Waals surface area (Å²) < 4.78 is 6.17. The van der Waals surface area contributed by atoms with Gasteiger partial charge in [0, 0.05) is 18.3 Å². The van der Waals surface area contributed by atoms with Crippen molar-refractivity contribution in [1.29, 1.82) is 0 Å². The number of amides is 1. The van der Waals surface area contributed by atoms with Crippen molar-refractivity contribution < 1.29 is 9.53 Å². The summed E-state index contributed by atoms with van der Waals surface area (Å²) in [5.74, 6) is -0.0455. The maximum atomic E-state index is 12.9. The number of benzene rings is 1. The molecule has 24 heavy (non-hydrogen) atoms. The number of nitrogens with zero attached hydrogens (tertiary/aromatic N) is 1. The van der Waals surface area contributed by atoms with E-state index in [0.29, 0.717) is 31.0 Å². The molecule has 1 N–H and O–H groups in total. The second-order valence-corrected chi connectivity index (χ2v) is 6.59. The largest absolute Gasteiger partial charge is 0.367 e. The van der Waals surface area contributed by atoms with Gasteiger partial charge in [0.2, 0.25) is 5.56 Å². The van der Waals surface area contributed by atoms with Crippen LogP contribution in [0.15, 0.2) is 41.2 Å². The van der Waals surface area contributed by atoms with Crippen molar-refractivity contribution in [2.24, 2.45) is 0 Å². The summed E-state index contributed by atoms with van der Waals surface area (Å²) in [6.07, 6.45) is 1.89. The molecule has 2 heterocycles. The number of hydrogen-bond acceptors (Lipinski definition) is 3. The lowest BCUT2D eigenvalue weighted by molar-refractivity contribution is -0.103. The number of nitrogens with one attached hydrogen (secondary N) is 1. The Hall–Kier alpha value is -2.40. The molecule has 124 valence electrons. The van der Waals surface area contributed by atoms with Crippen LogP contribution < -0.4 is 5.56 Å². The number of H-pyrrole nitrogens is 1. The van der Waals surface area contributed by atoms with E-state index in [2.05, 4.69) is 17.1 Å². The molecular formula is C19H20N2O3. The number of aromatic amines is 1. The standard InChI is InChI=1S/C19H20N2O3/c1-13-15(6-7-17(22)20-13)18(23)21-10-11-24-19(12-21)9-8-14-4-2-3-5-16(14)19/h2-7H,8-12H2,1H3,(H,20,22)/t19-/m0/s1. The predicted molar refractivity (Wildman–Crippen MR) is 90.1 cm³/mol. The highest BCUT2D eigenvalue weighted by molar-refractivity contribution is 5.95. The maximum Gasteiger partial charge on any atom is 0.255 e. The second-order valence-electron chi connectivity index (χ2n) is 6.59. The molecule has 2 aliphatic rings. The molecule has 1 fully saturated rings. The lowest BCUT2D eigenvalue weighted by atomic mass is 9.93. The van der Waals surface area contributed by atoms with Gasteiger partial charge in [-0.25, -0.2) is 0 Å². The van der Waals surface area contributed by atoms with Gasteiger partial charge < -0.3 is 14.6 Å². The van der Waals surface area contributed by atoms with E-state index in [1.54, 1.807) is 13.0 Å². The number of carbonyl (C=O) groups is 1. The minimum atomic E-state index is -0.388. The molecule has 1 aliphatic heterocycles. The van der Waals surface area contributed by atoms with Gasteiger partial charge in [-0.3, -0.25) is 9.59 Å². The summed E-state index contributed by atoms with van der Waals surface area (Å²) >= 11 is 0. The van der Waals surface area contributed by atoms with Crippen LogP contribution in [0.25, 0.3) is 0 Å². The molecule has 0 radical (unpaired) electrons. The number of carbonyl (C=O) groups excluding carboxylic acids is 1. The van der Waals surface area contributed by atoms with Gasteiger partial charge in [-0.15, -0.1) is 0 Å². The molecule has 2 aromatic rings. The van der Waals surface area contributed by atoms with Crippen LogP contribution in [-0.4, -0.2) is 35.5 Å². The molecule has 1 aliphatic carbocycles. The van der Waals surface area contributed by atoms with Gasteiger partial charge in [0.25, 0.3) is 5.91 Å². The predicted octanol–water partition coefficient (Wildman–Crippen LogP) is 2.00. The van der Waals surface area contributed by atoms with E-state index < -0.39 is 0 Å². The first kappa shape index (κ1) is 15.1. The summed E-state index contributed by atoms with van der Waals surface area (Å²) in [7, 11) is 0. The fourth-order valence-electron chi connectivity index (χ4n) is 3.91. The molecule has 0 unspecified atom stereocenters. The Morgan fingerprint density at radius 1 is 1.25 bits per heavy atom. The quantitative estimate of drug-likeness (QED) is 0.873. The number of morpholine rings is 1. The van der Waals surface area contributed by atoms with Crippen molar-refractivity contribution in [2.45, 2.75) is 25.4 Å². The van der Waals surface area contributed by atoms with Crippen LogP contribution in [0.3, 0.4) is 0 Å². The van der Waals surface area contributed by atoms with E-state index in [-0.39, 0.29) is 17.1 Å². The van der Waals surface area contributed by atoms with Crippen LogP contribution in [0, 0.1) is 6.92 Å². The second kappa shape index (κ2) is 5.60. The molecule has 1 aromatic heterocycles. The van der Waals surface area contributed by atoms with E-state index in [9.17, 15) is 9.59 Å². The van der Waals surface area contributed by atoms with Crippen LogP contribution >= 0.6 is 0 Å². The first-order valence-electron chi connectivity index (χ1n) is 8.31. The van der Waals surface area contributed by atoms with E-state index in [1.165, 1.54) is 17.2 Å². The Morgan fingerprint density at radius 2 is 2.08 bits per heavy atom. The monoisotopic (exact) mass is 324 g/mol. The Labute approximate surface area is 140 Å². The molecule has 4 rings (SSSR count). The van der Waals surface area contributed by atoms with Gasteiger partial charge in [0.05, 0.1) is 18.7 Å². The van der Waals surface area contributed by atoms with Gasteiger partial charge in [0.1, 0.15) is 5.60 Å². The Kier molecular flexibility index (Phi) is 3.53. The molecule has 1 spiro atoms. The van der Waals surface area contributed by atoms with Crippen molar-refractivity contribution in [3.63, 3.8) is 0 Å². The average molecular weight is 324 g/mol. The average Bonchev–Trinajstić information content (AvgIpc) is 2.93. The zero-order valence-electron chi connectivity index (χ0n) is 13.7. The number of hydrogen-bond donors (Lipinski definition) is 1. The number of rotatable bonds is 1. The third-order valence-electron chi connectivity index (χ3n) is 5.13. The maximum absolute atomic E-state index is 12.9. The molecule has 0 bridgehead atoms. The first-order chi connectivity index (χ1) is 11.6. The van der Waals surface area contributed by atoms with Crippen molar-refractivity contribution in [2.75, 3.05) is 19.7 Å². The Bertz CT molecular complexity index is 854. The van der Waals surface area contributed by atoms with Crippen LogP contribution in [-0.2, 0) is 16.8 Å². The topological polar surface area (TPSA) is 62.4 Å². The number of fused-ring (bicyclic) bond motifs is 2. The van der Waals surface area contributed by atoms with Crippen molar-refractivity contribution in [3.05, 3.63) is 69.1 Å². The summed E-state index contributed by atoms with van der Waals surface area (Å²) in [6, 6.07) is 11.3. The van der Waals surface area contributed by atoms with E-state index in [4.69, 9.17) is 4.74 Å². The Balaban J connectivity index is 1.64. The van der Waals surface area contributed by atoms with Crippen LogP contribution in [0.2, 0.25) is 0 Å². The van der Waals surface area contributed by atoms with Gasteiger partial charge in [-0.2, -0.15) is 0 Å².